The van der Waals surface area contributed by atoms with Crippen LogP contribution >= 0.6 is 0 Å². The second kappa shape index (κ2) is 8.41. The van der Waals surface area contributed by atoms with Crippen molar-refractivity contribution in [3.63, 3.8) is 0 Å². The normalized spacial score (nSPS) is 18.5. The Morgan fingerprint density at radius 2 is 1.87 bits per heavy atom. The van der Waals surface area contributed by atoms with Gasteiger partial charge in [-0.3, -0.25) is 14.5 Å². The van der Waals surface area contributed by atoms with Gasteiger partial charge in [-0.25, -0.2) is 4.98 Å². The number of rotatable bonds is 6. The summed E-state index contributed by atoms with van der Waals surface area (Å²) in [5, 5.41) is 9.77. The number of para-hydroxylation sites is 2. The summed E-state index contributed by atoms with van der Waals surface area (Å²) >= 11 is 0. The molecule has 31 heavy (non-hydrogen) atoms. The van der Waals surface area contributed by atoms with Crippen molar-refractivity contribution in [3.8, 4) is 5.75 Å². The Morgan fingerprint density at radius 3 is 2.55 bits per heavy atom. The van der Waals surface area contributed by atoms with Crippen LogP contribution in [0.2, 0.25) is 0 Å². The molecule has 2 atom stereocenters. The Kier molecular flexibility index (Phi) is 5.67. The molecule has 1 amide bonds. The van der Waals surface area contributed by atoms with Gasteiger partial charge in [-0.2, -0.15) is 0 Å². The van der Waals surface area contributed by atoms with E-state index < -0.39 is 17.9 Å². The second-order valence-corrected chi connectivity index (χ2v) is 8.21. The van der Waals surface area contributed by atoms with Gasteiger partial charge in [-0.1, -0.05) is 38.1 Å². The molecule has 1 aliphatic heterocycles. The first-order chi connectivity index (χ1) is 14.9. The number of hydrogen-bond acceptors (Lipinski definition) is 5. The molecule has 0 bridgehead atoms. The van der Waals surface area contributed by atoms with Crippen molar-refractivity contribution < 1.29 is 19.4 Å². The molecule has 0 saturated carbocycles. The minimum Gasteiger partial charge on any atom is -0.508 e. The number of fused-ring (bicyclic) bond motifs is 3. The first-order valence-corrected chi connectivity index (χ1v) is 10.7. The average molecular weight is 421 g/mol. The maximum Gasteiger partial charge on any atom is 0.321 e. The Labute approximate surface area is 181 Å². The van der Waals surface area contributed by atoms with Crippen LogP contribution in [0, 0.1) is 11.8 Å². The van der Waals surface area contributed by atoms with E-state index in [1.807, 2.05) is 28.8 Å². The van der Waals surface area contributed by atoms with Crippen LogP contribution in [-0.2, 0) is 14.3 Å². The smallest absolute Gasteiger partial charge is 0.321 e. The van der Waals surface area contributed by atoms with Crippen LogP contribution in [0.1, 0.15) is 38.8 Å². The third-order valence-electron chi connectivity index (χ3n) is 5.65. The van der Waals surface area contributed by atoms with Crippen molar-refractivity contribution in [1.29, 1.82) is 0 Å². The Morgan fingerprint density at radius 1 is 1.16 bits per heavy atom. The van der Waals surface area contributed by atoms with Crippen LogP contribution in [0.25, 0.3) is 11.0 Å². The lowest BCUT2D eigenvalue weighted by atomic mass is 9.89. The van der Waals surface area contributed by atoms with E-state index in [-0.39, 0.29) is 18.3 Å². The minimum atomic E-state index is -1.04. The standard InChI is InChI=1S/C24H27N3O4/c1-4-31-23(30)20-21(16-9-11-17(28)12-10-16)27-19-8-6-5-7-18(19)25-24(27)26(22(20)29)14-13-15(2)3/h5-12,15,20-21,28H,4,13-14H2,1-3H3/t20-,21-/m0/s1. The molecule has 0 saturated heterocycles. The van der Waals surface area contributed by atoms with E-state index in [2.05, 4.69) is 13.8 Å². The van der Waals surface area contributed by atoms with Crippen LogP contribution < -0.4 is 4.90 Å². The lowest BCUT2D eigenvalue weighted by Gasteiger charge is -2.38. The predicted octanol–water partition coefficient (Wildman–Crippen LogP) is 3.90. The highest BCUT2D eigenvalue weighted by Gasteiger charge is 2.47. The molecule has 2 aromatic carbocycles. The summed E-state index contributed by atoms with van der Waals surface area (Å²) in [7, 11) is 0. The molecule has 1 aliphatic rings. The fourth-order valence-corrected chi connectivity index (χ4v) is 4.12. The number of aromatic hydroxyl groups is 1. The monoisotopic (exact) mass is 421 g/mol. The van der Waals surface area contributed by atoms with Gasteiger partial charge in [0.05, 0.1) is 23.7 Å². The molecule has 4 rings (SSSR count). The fourth-order valence-electron chi connectivity index (χ4n) is 4.12. The number of imidazole rings is 1. The maximum absolute atomic E-state index is 13.7. The summed E-state index contributed by atoms with van der Waals surface area (Å²) in [6, 6.07) is 13.6. The van der Waals surface area contributed by atoms with E-state index in [9.17, 15) is 14.7 Å². The second-order valence-electron chi connectivity index (χ2n) is 8.21. The van der Waals surface area contributed by atoms with Gasteiger partial charge in [0, 0.05) is 6.54 Å². The number of amides is 1. The van der Waals surface area contributed by atoms with Crippen LogP contribution in [0.5, 0.6) is 5.75 Å². The summed E-state index contributed by atoms with van der Waals surface area (Å²) in [6.45, 7) is 6.58. The van der Waals surface area contributed by atoms with E-state index in [4.69, 9.17) is 9.72 Å². The van der Waals surface area contributed by atoms with E-state index in [1.165, 1.54) is 0 Å². The number of phenols is 1. The Hall–Kier alpha value is -3.35. The molecule has 2 heterocycles. The lowest BCUT2D eigenvalue weighted by molar-refractivity contribution is -0.153. The third-order valence-corrected chi connectivity index (χ3v) is 5.65. The predicted molar refractivity (Wildman–Crippen MR) is 118 cm³/mol. The van der Waals surface area contributed by atoms with Crippen LogP contribution in [-0.4, -0.2) is 39.7 Å². The highest BCUT2D eigenvalue weighted by Crippen LogP contribution is 2.41. The van der Waals surface area contributed by atoms with Crippen LogP contribution in [0.15, 0.2) is 48.5 Å². The number of anilines is 1. The highest BCUT2D eigenvalue weighted by molar-refractivity contribution is 6.08. The van der Waals surface area contributed by atoms with Crippen molar-refractivity contribution in [3.05, 3.63) is 54.1 Å². The van der Waals surface area contributed by atoms with Crippen LogP contribution in [0.4, 0.5) is 5.95 Å². The number of ether oxygens (including phenoxy) is 1. The SMILES string of the molecule is CCOC(=O)[C@@H]1C(=O)N(CCC(C)C)c2nc3ccccc3n2[C@H]1c1ccc(O)cc1. The summed E-state index contributed by atoms with van der Waals surface area (Å²) in [5.41, 5.74) is 2.33. The number of carbonyl (C=O) groups excluding carboxylic acids is 2. The molecule has 0 radical (unpaired) electrons. The number of hydrogen-bond donors (Lipinski definition) is 1. The molecule has 7 heteroatoms. The van der Waals surface area contributed by atoms with Gasteiger partial charge in [0.2, 0.25) is 11.9 Å². The summed E-state index contributed by atoms with van der Waals surface area (Å²) in [6.07, 6.45) is 0.786. The highest BCUT2D eigenvalue weighted by atomic mass is 16.5. The molecule has 162 valence electrons. The van der Waals surface area contributed by atoms with Gasteiger partial charge < -0.3 is 14.4 Å². The van der Waals surface area contributed by atoms with E-state index in [0.29, 0.717) is 18.4 Å². The first kappa shape index (κ1) is 20.9. The molecule has 0 fully saturated rings. The van der Waals surface area contributed by atoms with Crippen molar-refractivity contribution in [2.75, 3.05) is 18.1 Å². The number of nitrogens with zero attached hydrogens (tertiary/aromatic N) is 3. The number of esters is 1. The van der Waals surface area contributed by atoms with E-state index >= 15 is 0 Å². The number of benzene rings is 2. The molecule has 0 spiro atoms. The number of carbonyl (C=O) groups is 2. The lowest BCUT2D eigenvalue weighted by Crippen LogP contribution is -2.50. The molecule has 3 aromatic rings. The van der Waals surface area contributed by atoms with Crippen molar-refractivity contribution >= 4 is 28.9 Å². The van der Waals surface area contributed by atoms with Gasteiger partial charge in [0.15, 0.2) is 5.92 Å². The van der Waals surface area contributed by atoms with Crippen molar-refractivity contribution in [1.82, 2.24) is 9.55 Å². The van der Waals surface area contributed by atoms with Crippen molar-refractivity contribution in [2.45, 2.75) is 33.2 Å². The quantitative estimate of drug-likeness (QED) is 0.482. The molecular weight excluding hydrogens is 394 g/mol. The molecule has 0 aliphatic carbocycles. The van der Waals surface area contributed by atoms with Gasteiger partial charge >= 0.3 is 5.97 Å². The van der Waals surface area contributed by atoms with Crippen LogP contribution in [0.3, 0.4) is 0 Å². The van der Waals surface area contributed by atoms with E-state index in [1.54, 1.807) is 36.1 Å². The largest absolute Gasteiger partial charge is 0.508 e. The molecule has 1 N–H and O–H groups in total. The topological polar surface area (TPSA) is 84.7 Å². The van der Waals surface area contributed by atoms with Crippen molar-refractivity contribution in [2.24, 2.45) is 11.8 Å². The average Bonchev–Trinajstić information content (AvgIpc) is 3.12. The van der Waals surface area contributed by atoms with Gasteiger partial charge in [-0.15, -0.1) is 0 Å². The number of aromatic nitrogens is 2. The zero-order chi connectivity index (χ0) is 22.1. The van der Waals surface area contributed by atoms with Gasteiger partial charge in [0.25, 0.3) is 0 Å². The van der Waals surface area contributed by atoms with E-state index in [0.717, 1.165) is 23.0 Å². The number of phenolic OH excluding ortho intramolecular Hbond substituents is 1. The fraction of sp³-hybridized carbons (Fsp3) is 0.375. The third kappa shape index (κ3) is 3.76. The summed E-state index contributed by atoms with van der Waals surface area (Å²) < 4.78 is 7.30. The van der Waals surface area contributed by atoms with Gasteiger partial charge in [-0.05, 0) is 49.1 Å². The Balaban J connectivity index is 1.95. The molecule has 7 nitrogen and oxygen atoms in total. The summed E-state index contributed by atoms with van der Waals surface area (Å²) in [5.74, 6) is -0.856. The minimum absolute atomic E-state index is 0.118. The maximum atomic E-state index is 13.7. The zero-order valence-corrected chi connectivity index (χ0v) is 18.0. The van der Waals surface area contributed by atoms with Gasteiger partial charge in [0.1, 0.15) is 5.75 Å². The Bertz CT molecular complexity index is 1100. The zero-order valence-electron chi connectivity index (χ0n) is 18.0. The molecular formula is C24H27N3O4. The first-order valence-electron chi connectivity index (χ1n) is 10.7. The summed E-state index contributed by atoms with van der Waals surface area (Å²) in [4.78, 5) is 33.1. The molecule has 0 unspecified atom stereocenters. The molecule has 1 aromatic heterocycles.